The largest absolute Gasteiger partial charge is 0.361 e. The van der Waals surface area contributed by atoms with Crippen molar-refractivity contribution in [2.75, 3.05) is 5.32 Å². The number of para-hydroxylation sites is 1. The van der Waals surface area contributed by atoms with Crippen LogP contribution in [0.3, 0.4) is 0 Å². The Kier molecular flexibility index (Phi) is 5.53. The number of aromatic nitrogens is 2. The first-order valence-electron chi connectivity index (χ1n) is 10.3. The van der Waals surface area contributed by atoms with E-state index in [9.17, 15) is 4.79 Å². The Bertz CT molecular complexity index is 1080. The molecule has 1 aliphatic rings. The normalized spacial score (nSPS) is 16.5. The minimum absolute atomic E-state index is 0.0208. The lowest BCUT2D eigenvalue weighted by Gasteiger charge is -2.41. The van der Waals surface area contributed by atoms with Gasteiger partial charge in [0.1, 0.15) is 6.17 Å². The predicted octanol–water partition coefficient (Wildman–Crippen LogP) is 4.83. The van der Waals surface area contributed by atoms with Gasteiger partial charge in [-0.1, -0.05) is 49.4 Å². The van der Waals surface area contributed by atoms with Gasteiger partial charge < -0.3 is 10.2 Å². The van der Waals surface area contributed by atoms with Gasteiger partial charge in [-0.05, 0) is 25.5 Å². The summed E-state index contributed by atoms with van der Waals surface area (Å²) < 4.78 is 1.81. The van der Waals surface area contributed by atoms with Gasteiger partial charge in [0.2, 0.25) is 0 Å². The molecule has 2 atom stereocenters. The van der Waals surface area contributed by atoms with Crippen molar-refractivity contribution in [2.24, 2.45) is 0 Å². The van der Waals surface area contributed by atoms with Gasteiger partial charge in [0, 0.05) is 29.1 Å². The number of fused-ring (bicyclic) bond motifs is 1. The fourth-order valence-corrected chi connectivity index (χ4v) is 3.88. The SMILES string of the molecule is CC[C@H](C)N1C(=O)c2ccccc2N[C@@H]1c1cn(CCC#N)nc1-c1ccccc1. The first kappa shape index (κ1) is 19.7. The number of hydrogen-bond acceptors (Lipinski definition) is 4. The van der Waals surface area contributed by atoms with Crippen LogP contribution < -0.4 is 5.32 Å². The van der Waals surface area contributed by atoms with E-state index in [0.717, 1.165) is 28.9 Å². The molecule has 0 unspecified atom stereocenters. The van der Waals surface area contributed by atoms with Crippen molar-refractivity contribution < 1.29 is 4.79 Å². The number of nitrogens with one attached hydrogen (secondary N) is 1. The molecule has 0 aliphatic carbocycles. The monoisotopic (exact) mass is 399 g/mol. The summed E-state index contributed by atoms with van der Waals surface area (Å²) in [6.45, 7) is 4.67. The van der Waals surface area contributed by atoms with Crippen LogP contribution in [0.4, 0.5) is 5.69 Å². The Morgan fingerprint density at radius 3 is 2.63 bits per heavy atom. The standard InChI is InChI=1S/C24H25N5O/c1-3-17(2)29-23(26-21-13-8-7-12-19(21)24(29)30)20-16-28(15-9-14-25)27-22(20)18-10-5-4-6-11-18/h4-8,10-13,16-17,23,26H,3,9,15H2,1-2H3/t17-,23-/m0/s1. The van der Waals surface area contributed by atoms with Crippen molar-refractivity contribution in [3.05, 3.63) is 71.9 Å². The van der Waals surface area contributed by atoms with Crippen LogP contribution >= 0.6 is 0 Å². The third kappa shape index (κ3) is 3.55. The second-order valence-electron chi connectivity index (χ2n) is 7.53. The Morgan fingerprint density at radius 1 is 1.17 bits per heavy atom. The number of benzene rings is 2. The summed E-state index contributed by atoms with van der Waals surface area (Å²) in [5.74, 6) is 0.0208. The molecule has 0 saturated heterocycles. The highest BCUT2D eigenvalue weighted by atomic mass is 16.2. The number of carbonyl (C=O) groups excluding carboxylic acids is 1. The van der Waals surface area contributed by atoms with E-state index in [1.165, 1.54) is 0 Å². The fraction of sp³-hybridized carbons (Fsp3) is 0.292. The predicted molar refractivity (Wildman–Crippen MR) is 117 cm³/mol. The van der Waals surface area contributed by atoms with E-state index in [-0.39, 0.29) is 18.1 Å². The summed E-state index contributed by atoms with van der Waals surface area (Å²) >= 11 is 0. The van der Waals surface area contributed by atoms with Gasteiger partial charge in [-0.2, -0.15) is 10.4 Å². The summed E-state index contributed by atoms with van der Waals surface area (Å²) in [6, 6.07) is 19.8. The lowest BCUT2D eigenvalue weighted by molar-refractivity contribution is 0.0594. The van der Waals surface area contributed by atoms with Crippen molar-refractivity contribution in [3.8, 4) is 17.3 Å². The van der Waals surface area contributed by atoms with Gasteiger partial charge in [0.25, 0.3) is 5.91 Å². The highest BCUT2D eigenvalue weighted by molar-refractivity contribution is 6.02. The van der Waals surface area contributed by atoms with E-state index in [1.54, 1.807) is 0 Å². The van der Waals surface area contributed by atoms with Gasteiger partial charge >= 0.3 is 0 Å². The molecule has 2 heterocycles. The van der Waals surface area contributed by atoms with E-state index in [0.29, 0.717) is 18.5 Å². The fourth-order valence-electron chi connectivity index (χ4n) is 3.88. The maximum Gasteiger partial charge on any atom is 0.258 e. The van der Waals surface area contributed by atoms with Crippen LogP contribution in [0.2, 0.25) is 0 Å². The van der Waals surface area contributed by atoms with Crippen LogP contribution in [0, 0.1) is 11.3 Å². The van der Waals surface area contributed by atoms with Gasteiger partial charge in [-0.15, -0.1) is 0 Å². The Balaban J connectivity index is 1.85. The Morgan fingerprint density at radius 2 is 1.90 bits per heavy atom. The van der Waals surface area contributed by atoms with E-state index < -0.39 is 0 Å². The molecule has 1 N–H and O–H groups in total. The number of aryl methyl sites for hydroxylation is 1. The maximum absolute atomic E-state index is 13.4. The molecule has 0 bridgehead atoms. The van der Waals surface area contributed by atoms with Crippen LogP contribution in [-0.2, 0) is 6.54 Å². The Labute approximate surface area is 176 Å². The summed E-state index contributed by atoms with van der Waals surface area (Å²) in [5, 5.41) is 17.4. The van der Waals surface area contributed by atoms with Crippen molar-refractivity contribution >= 4 is 11.6 Å². The number of anilines is 1. The number of nitriles is 1. The zero-order valence-corrected chi connectivity index (χ0v) is 17.2. The molecule has 152 valence electrons. The Hall–Kier alpha value is -3.59. The molecule has 0 fully saturated rings. The molecule has 6 nitrogen and oxygen atoms in total. The first-order chi connectivity index (χ1) is 14.6. The van der Waals surface area contributed by atoms with Crippen LogP contribution in [0.5, 0.6) is 0 Å². The van der Waals surface area contributed by atoms with Crippen molar-refractivity contribution in [1.29, 1.82) is 5.26 Å². The molecule has 0 radical (unpaired) electrons. The van der Waals surface area contributed by atoms with Gasteiger partial charge in [-0.25, -0.2) is 0 Å². The molecule has 0 spiro atoms. The molecule has 3 aromatic rings. The second-order valence-corrected chi connectivity index (χ2v) is 7.53. The summed E-state index contributed by atoms with van der Waals surface area (Å²) in [5.41, 5.74) is 4.26. The first-order valence-corrected chi connectivity index (χ1v) is 10.3. The molecule has 1 aromatic heterocycles. The quantitative estimate of drug-likeness (QED) is 0.644. The van der Waals surface area contributed by atoms with E-state index in [2.05, 4.69) is 25.2 Å². The average Bonchev–Trinajstić information content (AvgIpc) is 3.22. The van der Waals surface area contributed by atoms with Crippen molar-refractivity contribution in [2.45, 2.75) is 45.4 Å². The molecule has 1 amide bonds. The molecule has 0 saturated carbocycles. The van der Waals surface area contributed by atoms with Crippen molar-refractivity contribution in [3.63, 3.8) is 0 Å². The van der Waals surface area contributed by atoms with Gasteiger partial charge in [0.15, 0.2) is 0 Å². The van der Waals surface area contributed by atoms with Crippen LogP contribution in [0.15, 0.2) is 60.8 Å². The van der Waals surface area contributed by atoms with Crippen LogP contribution in [0.25, 0.3) is 11.3 Å². The number of amides is 1. The molecular formula is C24H25N5O. The van der Waals surface area contributed by atoms with E-state index in [1.807, 2.05) is 70.4 Å². The van der Waals surface area contributed by atoms with Crippen molar-refractivity contribution in [1.82, 2.24) is 14.7 Å². The third-order valence-corrected chi connectivity index (χ3v) is 5.61. The number of carbonyl (C=O) groups is 1. The summed E-state index contributed by atoms with van der Waals surface area (Å²) in [7, 11) is 0. The highest BCUT2D eigenvalue weighted by Crippen LogP contribution is 2.38. The summed E-state index contributed by atoms with van der Waals surface area (Å²) in [6.07, 6.45) is 2.85. The third-order valence-electron chi connectivity index (χ3n) is 5.61. The second kappa shape index (κ2) is 8.42. The zero-order valence-electron chi connectivity index (χ0n) is 17.2. The number of hydrogen-bond donors (Lipinski definition) is 1. The van der Waals surface area contributed by atoms with E-state index >= 15 is 0 Å². The average molecular weight is 399 g/mol. The number of rotatable bonds is 6. The van der Waals surface area contributed by atoms with E-state index in [4.69, 9.17) is 10.4 Å². The summed E-state index contributed by atoms with van der Waals surface area (Å²) in [4.78, 5) is 15.4. The maximum atomic E-state index is 13.4. The van der Waals surface area contributed by atoms with Gasteiger partial charge in [0.05, 0.1) is 30.3 Å². The lowest BCUT2D eigenvalue weighted by Crippen LogP contribution is -2.47. The highest BCUT2D eigenvalue weighted by Gasteiger charge is 2.37. The zero-order chi connectivity index (χ0) is 21.1. The van der Waals surface area contributed by atoms with Crippen LogP contribution in [0.1, 0.15) is 48.8 Å². The van der Waals surface area contributed by atoms with Gasteiger partial charge in [-0.3, -0.25) is 9.48 Å². The molecule has 1 aliphatic heterocycles. The molecule has 6 heteroatoms. The molecule has 4 rings (SSSR count). The van der Waals surface area contributed by atoms with Crippen LogP contribution in [-0.4, -0.2) is 26.6 Å². The molecule has 2 aromatic carbocycles. The minimum Gasteiger partial charge on any atom is -0.361 e. The molecule has 30 heavy (non-hydrogen) atoms. The topological polar surface area (TPSA) is 74.0 Å². The lowest BCUT2D eigenvalue weighted by atomic mass is 9.99. The molecular weight excluding hydrogens is 374 g/mol. The smallest absolute Gasteiger partial charge is 0.258 e. The number of nitrogens with zero attached hydrogens (tertiary/aromatic N) is 4. The minimum atomic E-state index is -0.339.